The lowest BCUT2D eigenvalue weighted by Gasteiger charge is -2.11. The lowest BCUT2D eigenvalue weighted by molar-refractivity contribution is 0.102. The number of carbonyl (C=O) groups excluding carboxylic acids is 1. The summed E-state index contributed by atoms with van der Waals surface area (Å²) in [5.74, 6) is 0.0812. The van der Waals surface area contributed by atoms with Crippen LogP contribution in [-0.2, 0) is 0 Å². The Morgan fingerprint density at radius 2 is 2.00 bits per heavy atom. The lowest BCUT2D eigenvalue weighted by atomic mass is 10.1. The van der Waals surface area contributed by atoms with Gasteiger partial charge in [0.05, 0.1) is 5.56 Å². The number of aryl methyl sites for hydroxylation is 1. The number of nitrogens with zero attached hydrogens (tertiary/aromatic N) is 2. The molecule has 98 valence electrons. The van der Waals surface area contributed by atoms with Crippen LogP contribution in [0.5, 0.6) is 0 Å². The van der Waals surface area contributed by atoms with Gasteiger partial charge in [-0.05, 0) is 37.6 Å². The fourth-order valence-corrected chi connectivity index (χ4v) is 1.73. The Kier molecular flexibility index (Phi) is 4.07. The van der Waals surface area contributed by atoms with Crippen LogP contribution in [0.1, 0.15) is 22.8 Å². The zero-order chi connectivity index (χ0) is 13.7. The highest BCUT2D eigenvalue weighted by atomic mass is 16.1. The molecule has 0 saturated heterocycles. The second kappa shape index (κ2) is 5.95. The van der Waals surface area contributed by atoms with Crippen LogP contribution in [0, 0.1) is 6.92 Å². The van der Waals surface area contributed by atoms with Crippen molar-refractivity contribution in [3.8, 4) is 0 Å². The average Bonchev–Trinajstić information content (AvgIpc) is 2.40. The van der Waals surface area contributed by atoms with E-state index in [9.17, 15) is 4.79 Å². The second-order valence-corrected chi connectivity index (χ2v) is 4.11. The number of carbonyl (C=O) groups is 1. The first kappa shape index (κ1) is 13.0. The summed E-state index contributed by atoms with van der Waals surface area (Å²) in [5, 5.41) is 5.86. The van der Waals surface area contributed by atoms with Gasteiger partial charge < -0.3 is 5.32 Å². The zero-order valence-corrected chi connectivity index (χ0v) is 11.0. The Morgan fingerprint density at radius 3 is 2.68 bits per heavy atom. The molecule has 0 spiro atoms. The minimum absolute atomic E-state index is 0.220. The van der Waals surface area contributed by atoms with Gasteiger partial charge in [-0.25, -0.2) is 9.97 Å². The van der Waals surface area contributed by atoms with E-state index >= 15 is 0 Å². The predicted octanol–water partition coefficient (Wildman–Crippen LogP) is 2.47. The first-order valence-corrected chi connectivity index (χ1v) is 6.13. The normalized spacial score (nSPS) is 10.0. The molecule has 5 nitrogen and oxygen atoms in total. The minimum Gasteiger partial charge on any atom is -0.385 e. The molecular weight excluding hydrogens is 240 g/mol. The summed E-state index contributed by atoms with van der Waals surface area (Å²) in [7, 11) is 0. The molecule has 2 rings (SSSR count). The molecule has 0 radical (unpaired) electrons. The number of aromatic nitrogens is 2. The van der Waals surface area contributed by atoms with E-state index in [1.54, 1.807) is 24.5 Å². The maximum atomic E-state index is 12.2. The van der Waals surface area contributed by atoms with Gasteiger partial charge in [-0.3, -0.25) is 10.1 Å². The fourth-order valence-electron chi connectivity index (χ4n) is 1.73. The van der Waals surface area contributed by atoms with Gasteiger partial charge in [-0.2, -0.15) is 0 Å². The van der Waals surface area contributed by atoms with Gasteiger partial charge in [0.2, 0.25) is 5.95 Å². The van der Waals surface area contributed by atoms with E-state index < -0.39 is 0 Å². The Morgan fingerprint density at radius 1 is 1.26 bits per heavy atom. The molecule has 0 atom stereocenters. The number of nitrogens with one attached hydrogen (secondary N) is 2. The van der Waals surface area contributed by atoms with Crippen molar-refractivity contribution in [2.75, 3.05) is 17.2 Å². The predicted molar refractivity (Wildman–Crippen MR) is 75.3 cm³/mol. The van der Waals surface area contributed by atoms with Crippen molar-refractivity contribution in [3.05, 3.63) is 47.8 Å². The molecule has 0 aliphatic rings. The van der Waals surface area contributed by atoms with Crippen LogP contribution in [-0.4, -0.2) is 22.4 Å². The summed E-state index contributed by atoms with van der Waals surface area (Å²) < 4.78 is 0. The number of hydrogen-bond donors (Lipinski definition) is 2. The topological polar surface area (TPSA) is 66.9 Å². The average molecular weight is 256 g/mol. The summed E-state index contributed by atoms with van der Waals surface area (Å²) in [4.78, 5) is 20.1. The van der Waals surface area contributed by atoms with Crippen molar-refractivity contribution >= 4 is 17.5 Å². The second-order valence-electron chi connectivity index (χ2n) is 4.11. The molecular formula is C14H16N4O. The Balaban J connectivity index is 2.23. The summed E-state index contributed by atoms with van der Waals surface area (Å²) in [6, 6.07) is 7.35. The van der Waals surface area contributed by atoms with Gasteiger partial charge >= 0.3 is 0 Å². The minimum atomic E-state index is -0.220. The largest absolute Gasteiger partial charge is 0.385 e. The van der Waals surface area contributed by atoms with Gasteiger partial charge in [0.1, 0.15) is 0 Å². The molecule has 0 aliphatic heterocycles. The first-order valence-electron chi connectivity index (χ1n) is 6.13. The van der Waals surface area contributed by atoms with Crippen LogP contribution in [0.2, 0.25) is 0 Å². The zero-order valence-electron chi connectivity index (χ0n) is 11.0. The third kappa shape index (κ3) is 3.28. The Hall–Kier alpha value is -2.43. The van der Waals surface area contributed by atoms with Gasteiger partial charge in [-0.15, -0.1) is 0 Å². The maximum absolute atomic E-state index is 12.2. The molecule has 0 bridgehead atoms. The molecule has 1 heterocycles. The highest BCUT2D eigenvalue weighted by Gasteiger charge is 2.12. The van der Waals surface area contributed by atoms with Crippen LogP contribution in [0.15, 0.2) is 36.7 Å². The highest BCUT2D eigenvalue weighted by molar-refractivity contribution is 6.07. The number of anilines is 2. The Bertz CT molecular complexity index is 569. The molecule has 2 aromatic rings. The van der Waals surface area contributed by atoms with Crippen LogP contribution < -0.4 is 10.6 Å². The van der Waals surface area contributed by atoms with E-state index in [1.165, 1.54) is 0 Å². The van der Waals surface area contributed by atoms with Crippen molar-refractivity contribution in [2.45, 2.75) is 13.8 Å². The van der Waals surface area contributed by atoms with E-state index in [0.29, 0.717) is 11.5 Å². The molecule has 0 aliphatic carbocycles. The van der Waals surface area contributed by atoms with Crippen LogP contribution >= 0.6 is 0 Å². The smallest absolute Gasteiger partial charge is 0.260 e. The fraction of sp³-hybridized carbons (Fsp3) is 0.214. The third-order valence-electron chi connectivity index (χ3n) is 2.58. The highest BCUT2D eigenvalue weighted by Crippen LogP contribution is 2.18. The van der Waals surface area contributed by atoms with Crippen molar-refractivity contribution in [2.24, 2.45) is 0 Å². The molecule has 19 heavy (non-hydrogen) atoms. The van der Waals surface area contributed by atoms with Crippen LogP contribution in [0.3, 0.4) is 0 Å². The van der Waals surface area contributed by atoms with Gasteiger partial charge in [0, 0.05) is 24.6 Å². The maximum Gasteiger partial charge on any atom is 0.260 e. The molecule has 2 N–H and O–H groups in total. The van der Waals surface area contributed by atoms with Crippen LogP contribution in [0.4, 0.5) is 11.6 Å². The van der Waals surface area contributed by atoms with E-state index in [2.05, 4.69) is 20.6 Å². The summed E-state index contributed by atoms with van der Waals surface area (Å²) in [6.07, 6.45) is 3.17. The van der Waals surface area contributed by atoms with E-state index in [-0.39, 0.29) is 5.91 Å². The molecule has 0 unspecified atom stereocenters. The third-order valence-corrected chi connectivity index (χ3v) is 2.58. The van der Waals surface area contributed by atoms with Crippen molar-refractivity contribution < 1.29 is 4.79 Å². The molecule has 0 fully saturated rings. The number of amides is 1. The molecule has 1 aromatic carbocycles. The van der Waals surface area contributed by atoms with E-state index in [0.717, 1.165) is 17.8 Å². The summed E-state index contributed by atoms with van der Waals surface area (Å²) in [5.41, 5.74) is 2.50. The monoisotopic (exact) mass is 256 g/mol. The molecule has 1 aromatic heterocycles. The van der Waals surface area contributed by atoms with Gasteiger partial charge in [0.25, 0.3) is 5.91 Å². The van der Waals surface area contributed by atoms with Crippen molar-refractivity contribution in [1.82, 2.24) is 9.97 Å². The number of rotatable bonds is 4. The van der Waals surface area contributed by atoms with Crippen LogP contribution in [0.25, 0.3) is 0 Å². The number of benzene rings is 1. The summed E-state index contributed by atoms with van der Waals surface area (Å²) in [6.45, 7) is 4.73. The van der Waals surface area contributed by atoms with E-state index in [1.807, 2.05) is 26.0 Å². The SMILES string of the molecule is CCNc1cc(C)ccc1C(=O)Nc1ncccn1. The van der Waals surface area contributed by atoms with Crippen molar-refractivity contribution in [1.29, 1.82) is 0 Å². The molecule has 0 saturated carbocycles. The lowest BCUT2D eigenvalue weighted by Crippen LogP contribution is -2.16. The van der Waals surface area contributed by atoms with Crippen molar-refractivity contribution in [3.63, 3.8) is 0 Å². The first-order chi connectivity index (χ1) is 9.20. The molecule has 1 amide bonds. The van der Waals surface area contributed by atoms with Gasteiger partial charge in [-0.1, -0.05) is 6.07 Å². The Labute approximate surface area is 112 Å². The van der Waals surface area contributed by atoms with Gasteiger partial charge in [0.15, 0.2) is 0 Å². The summed E-state index contributed by atoms with van der Waals surface area (Å²) >= 11 is 0. The van der Waals surface area contributed by atoms with E-state index in [4.69, 9.17) is 0 Å². The quantitative estimate of drug-likeness (QED) is 0.881. The standard InChI is InChI=1S/C14H16N4O/c1-3-15-12-9-10(2)5-6-11(12)13(19)18-14-16-7-4-8-17-14/h4-9,15H,3H2,1-2H3,(H,16,17,18,19). The molecule has 5 heteroatoms. The number of hydrogen-bond acceptors (Lipinski definition) is 4.